The first-order valence-corrected chi connectivity index (χ1v) is 9.47. The zero-order valence-electron chi connectivity index (χ0n) is 12.3. The van der Waals surface area contributed by atoms with Crippen LogP contribution in [0.3, 0.4) is 0 Å². The van der Waals surface area contributed by atoms with Crippen molar-refractivity contribution in [2.24, 2.45) is 0 Å². The number of unbranched alkanes of at least 4 members (excludes halogenated alkanes) is 6. The molecule has 0 aliphatic carbocycles. The van der Waals surface area contributed by atoms with Gasteiger partial charge in [0.2, 0.25) is 0 Å². The van der Waals surface area contributed by atoms with Crippen LogP contribution in [0, 0.1) is 0 Å². The second-order valence-corrected chi connectivity index (χ2v) is 7.65. The van der Waals surface area contributed by atoms with Crippen molar-refractivity contribution < 1.29 is 0 Å². The van der Waals surface area contributed by atoms with E-state index in [2.05, 4.69) is 20.8 Å². The minimum atomic E-state index is 0. The van der Waals surface area contributed by atoms with Crippen LogP contribution in [0.15, 0.2) is 0 Å². The van der Waals surface area contributed by atoms with Gasteiger partial charge in [-0.05, 0) is 37.7 Å². The van der Waals surface area contributed by atoms with E-state index in [1.807, 2.05) is 0 Å². The van der Waals surface area contributed by atoms with Crippen molar-refractivity contribution in [1.82, 2.24) is 0 Å². The van der Waals surface area contributed by atoms with Gasteiger partial charge < -0.3 is 0 Å². The third-order valence-electron chi connectivity index (χ3n) is 3.23. The summed E-state index contributed by atoms with van der Waals surface area (Å²) in [4.78, 5) is 0. The molecule has 0 aliphatic heterocycles. The van der Waals surface area contributed by atoms with Crippen LogP contribution in [-0.2, 0) is 0 Å². The number of hydrogen-bond donors (Lipinski definition) is 0. The van der Waals surface area contributed by atoms with Crippen molar-refractivity contribution in [2.45, 2.75) is 78.6 Å². The van der Waals surface area contributed by atoms with Crippen LogP contribution in [0.2, 0.25) is 0 Å². The van der Waals surface area contributed by atoms with Crippen LogP contribution in [0.4, 0.5) is 0 Å². The Labute approximate surface area is 122 Å². The Balaban J connectivity index is 0. The quantitative estimate of drug-likeness (QED) is 0.247. The normalized spacial score (nSPS) is 10.6. The molecule has 0 rings (SSSR count). The predicted octanol–water partition coefficient (Wildman–Crippen LogP) is 5.66. The molecule has 104 valence electrons. The van der Waals surface area contributed by atoms with Gasteiger partial charge in [0.1, 0.15) is 0 Å². The third-order valence-corrected chi connectivity index (χ3v) is 6.08. The van der Waals surface area contributed by atoms with Gasteiger partial charge in [-0.15, -0.1) is 7.92 Å². The summed E-state index contributed by atoms with van der Waals surface area (Å²) < 4.78 is 0. The first-order chi connectivity index (χ1) is 7.85. The zero-order valence-corrected chi connectivity index (χ0v) is 14.9. The molecule has 0 unspecified atom stereocenters. The molecule has 0 atom stereocenters. The molecule has 0 aromatic heterocycles. The predicted molar refractivity (Wildman–Crippen MR) is 85.9 cm³/mol. The Kier molecular flexibility index (Phi) is 20.2. The van der Waals surface area contributed by atoms with Crippen molar-refractivity contribution in [3.05, 3.63) is 0 Å². The maximum Gasteiger partial charge on any atom is 0 e. The van der Waals surface area contributed by atoms with E-state index in [4.69, 9.17) is 0 Å². The molecule has 0 saturated heterocycles. The van der Waals surface area contributed by atoms with Crippen molar-refractivity contribution in [2.75, 3.05) is 18.5 Å². The topological polar surface area (TPSA) is 0 Å². The molecule has 0 aromatic carbocycles. The monoisotopic (exact) mass is 324 g/mol. The van der Waals surface area contributed by atoms with Crippen molar-refractivity contribution >= 4 is 25.0 Å². The van der Waals surface area contributed by atoms with Crippen molar-refractivity contribution in [3.63, 3.8) is 0 Å². The van der Waals surface area contributed by atoms with Gasteiger partial charge in [-0.2, -0.15) is 0 Å². The first-order valence-electron chi connectivity index (χ1n) is 7.57. The van der Waals surface area contributed by atoms with Crippen LogP contribution in [0.5, 0.6) is 0 Å². The standard InChI is InChI=1S/C15H33P.Se/c1-4-7-10-13-16(14-11-8-5-2)15-12-9-6-3;/h4-15H2,1-3H3;. The molecular weight excluding hydrogens is 290 g/mol. The van der Waals surface area contributed by atoms with E-state index in [0.717, 1.165) is 0 Å². The van der Waals surface area contributed by atoms with Gasteiger partial charge in [0.15, 0.2) is 0 Å². The van der Waals surface area contributed by atoms with E-state index in [1.165, 1.54) is 57.8 Å². The molecule has 17 heavy (non-hydrogen) atoms. The van der Waals surface area contributed by atoms with Gasteiger partial charge in [-0.3, -0.25) is 0 Å². The maximum atomic E-state index is 2.32. The Morgan fingerprint density at radius 3 is 1.06 bits per heavy atom. The summed E-state index contributed by atoms with van der Waals surface area (Å²) in [5.41, 5.74) is 0. The molecule has 0 spiro atoms. The average Bonchev–Trinajstić information content (AvgIpc) is 2.29. The molecule has 0 bridgehead atoms. The zero-order chi connectivity index (χ0) is 12.1. The number of rotatable bonds is 12. The molecule has 0 amide bonds. The molecule has 0 nitrogen and oxygen atoms in total. The molecule has 0 heterocycles. The van der Waals surface area contributed by atoms with E-state index >= 15 is 0 Å². The largest absolute Gasteiger partial charge is 0.107 e. The van der Waals surface area contributed by atoms with E-state index in [0.29, 0.717) is 7.92 Å². The summed E-state index contributed by atoms with van der Waals surface area (Å²) in [6.07, 6.45) is 17.7. The molecule has 0 aliphatic rings. The van der Waals surface area contributed by atoms with E-state index in [9.17, 15) is 0 Å². The van der Waals surface area contributed by atoms with Crippen molar-refractivity contribution in [3.8, 4) is 0 Å². The third kappa shape index (κ3) is 14.9. The first kappa shape index (κ1) is 20.3. The van der Waals surface area contributed by atoms with Gasteiger partial charge in [0.25, 0.3) is 0 Å². The Morgan fingerprint density at radius 1 is 0.529 bits per heavy atom. The van der Waals surface area contributed by atoms with Crippen LogP contribution >= 0.6 is 7.92 Å². The minimum absolute atomic E-state index is 0. The van der Waals surface area contributed by atoms with Gasteiger partial charge in [-0.25, -0.2) is 0 Å². The number of hydrogen-bond acceptors (Lipinski definition) is 0. The van der Waals surface area contributed by atoms with Gasteiger partial charge in [0, 0.05) is 17.1 Å². The van der Waals surface area contributed by atoms with Crippen molar-refractivity contribution in [1.29, 1.82) is 0 Å². The van der Waals surface area contributed by atoms with Crippen LogP contribution in [0.25, 0.3) is 0 Å². The molecule has 0 N–H and O–H groups in total. The fraction of sp³-hybridized carbons (Fsp3) is 1.00. The summed E-state index contributed by atoms with van der Waals surface area (Å²) in [6.45, 7) is 6.95. The molecule has 0 aromatic rings. The summed E-state index contributed by atoms with van der Waals surface area (Å²) in [7, 11) is 0.405. The summed E-state index contributed by atoms with van der Waals surface area (Å²) in [5.74, 6) is 0. The van der Waals surface area contributed by atoms with Crippen LogP contribution < -0.4 is 0 Å². The Bertz CT molecular complexity index is 104. The smallest absolute Gasteiger partial charge is 0 e. The van der Waals surface area contributed by atoms with Gasteiger partial charge >= 0.3 is 0 Å². The van der Waals surface area contributed by atoms with Gasteiger partial charge in [-0.1, -0.05) is 59.3 Å². The van der Waals surface area contributed by atoms with E-state index < -0.39 is 0 Å². The fourth-order valence-corrected chi connectivity index (χ4v) is 4.77. The fourth-order valence-electron chi connectivity index (χ4n) is 2.09. The summed E-state index contributed by atoms with van der Waals surface area (Å²) >= 11 is 0. The summed E-state index contributed by atoms with van der Waals surface area (Å²) in [6, 6.07) is 0. The Hall–Kier alpha value is 0.949. The molecule has 2 radical (unpaired) electrons. The van der Waals surface area contributed by atoms with E-state index in [-0.39, 0.29) is 17.1 Å². The Morgan fingerprint density at radius 2 is 0.824 bits per heavy atom. The van der Waals surface area contributed by atoms with Crippen LogP contribution in [-0.4, -0.2) is 35.6 Å². The maximum absolute atomic E-state index is 2.32. The second-order valence-electron chi connectivity index (χ2n) is 4.96. The van der Waals surface area contributed by atoms with E-state index in [1.54, 1.807) is 18.5 Å². The van der Waals surface area contributed by atoms with Gasteiger partial charge in [0.05, 0.1) is 0 Å². The van der Waals surface area contributed by atoms with Crippen LogP contribution in [0.1, 0.15) is 78.6 Å². The average molecular weight is 323 g/mol. The molecule has 0 saturated carbocycles. The molecule has 0 fully saturated rings. The molecule has 2 heteroatoms. The minimum Gasteiger partial charge on any atom is -0.107 e. The molecular formula is C15H33PSe. The summed E-state index contributed by atoms with van der Waals surface area (Å²) in [5, 5.41) is 0. The second kappa shape index (κ2) is 16.9. The SMILES string of the molecule is CCCCCP(CCCCC)CCCCC.[Se].